The fourth-order valence-corrected chi connectivity index (χ4v) is 4.43. The lowest BCUT2D eigenvalue weighted by Crippen LogP contribution is -2.12. The second-order valence-corrected chi connectivity index (χ2v) is 7.92. The van der Waals surface area contributed by atoms with Gasteiger partial charge in [0.2, 0.25) is 0 Å². The Hall–Kier alpha value is -1.02. The molecular weight excluding hydrogens is 324 g/mol. The van der Waals surface area contributed by atoms with Gasteiger partial charge in [-0.1, -0.05) is 6.92 Å². The molecule has 0 aliphatic carbocycles. The number of anilines is 1. The third-order valence-electron chi connectivity index (χ3n) is 2.83. The van der Waals surface area contributed by atoms with Gasteiger partial charge in [0.25, 0.3) is 10.0 Å². The van der Waals surface area contributed by atoms with Crippen molar-refractivity contribution >= 4 is 38.8 Å². The molecule has 21 heavy (non-hydrogen) atoms. The molecule has 1 aromatic carbocycles. The number of hydrogen-bond acceptors (Lipinski definition) is 5. The largest absolute Gasteiger partial charge is 0.312 e. The molecule has 0 bridgehead atoms. The van der Waals surface area contributed by atoms with Gasteiger partial charge >= 0.3 is 0 Å². The zero-order valence-corrected chi connectivity index (χ0v) is 14.4. The average Bonchev–Trinajstić information content (AvgIpc) is 2.95. The lowest BCUT2D eigenvalue weighted by molar-refractivity contribution is 0.601. The zero-order valence-electron chi connectivity index (χ0n) is 11.9. The standard InChI is InChI=1S/C14H18N2O2S3/c1-3-15-9-13-8-14(10-20-13)21(17,18)16-11-4-6-12(19-2)7-5-11/h4-8,10,15-16H,3,9H2,1-2H3. The fourth-order valence-electron chi connectivity index (χ4n) is 1.72. The van der Waals surface area contributed by atoms with Crippen molar-refractivity contribution in [1.29, 1.82) is 0 Å². The zero-order chi connectivity index (χ0) is 15.3. The summed E-state index contributed by atoms with van der Waals surface area (Å²) in [5.41, 5.74) is 0.576. The van der Waals surface area contributed by atoms with Crippen molar-refractivity contribution in [2.24, 2.45) is 0 Å². The Kier molecular flexibility index (Phi) is 5.69. The predicted octanol–water partition coefficient (Wildman–Crippen LogP) is 3.38. The van der Waals surface area contributed by atoms with Crippen LogP contribution in [0.25, 0.3) is 0 Å². The van der Waals surface area contributed by atoms with E-state index >= 15 is 0 Å². The van der Waals surface area contributed by atoms with Crippen LogP contribution in [0.15, 0.2) is 45.5 Å². The van der Waals surface area contributed by atoms with Gasteiger partial charge in [0.05, 0.1) is 4.90 Å². The van der Waals surface area contributed by atoms with E-state index in [2.05, 4.69) is 10.0 Å². The maximum Gasteiger partial charge on any atom is 0.262 e. The molecule has 0 fully saturated rings. The Labute approximate surface area is 134 Å². The highest BCUT2D eigenvalue weighted by Crippen LogP contribution is 2.23. The Morgan fingerprint density at radius 3 is 2.57 bits per heavy atom. The van der Waals surface area contributed by atoms with Crippen LogP contribution in [-0.2, 0) is 16.6 Å². The van der Waals surface area contributed by atoms with Gasteiger partial charge in [-0.25, -0.2) is 8.42 Å². The summed E-state index contributed by atoms with van der Waals surface area (Å²) < 4.78 is 27.2. The van der Waals surface area contributed by atoms with Crippen LogP contribution in [0.1, 0.15) is 11.8 Å². The molecule has 2 rings (SSSR count). The van der Waals surface area contributed by atoms with Gasteiger partial charge in [-0.15, -0.1) is 23.1 Å². The minimum absolute atomic E-state index is 0.314. The Bertz CT molecular complexity index is 678. The number of thioether (sulfide) groups is 1. The summed E-state index contributed by atoms with van der Waals surface area (Å²) >= 11 is 3.07. The Balaban J connectivity index is 2.11. The number of hydrogen-bond donors (Lipinski definition) is 2. The lowest BCUT2D eigenvalue weighted by Gasteiger charge is -2.07. The van der Waals surface area contributed by atoms with Crippen LogP contribution in [0.2, 0.25) is 0 Å². The van der Waals surface area contributed by atoms with Gasteiger partial charge in [-0.3, -0.25) is 4.72 Å². The molecule has 0 saturated heterocycles. The highest BCUT2D eigenvalue weighted by molar-refractivity contribution is 7.98. The number of nitrogens with one attached hydrogen (secondary N) is 2. The first-order chi connectivity index (χ1) is 10.0. The van der Waals surface area contributed by atoms with E-state index in [1.807, 2.05) is 25.3 Å². The minimum atomic E-state index is -3.51. The van der Waals surface area contributed by atoms with Gasteiger partial charge < -0.3 is 5.32 Å². The molecule has 0 radical (unpaired) electrons. The van der Waals surface area contributed by atoms with Crippen LogP contribution in [-0.4, -0.2) is 21.2 Å². The topological polar surface area (TPSA) is 58.2 Å². The molecule has 114 valence electrons. The van der Waals surface area contributed by atoms with Crippen LogP contribution in [0.5, 0.6) is 0 Å². The van der Waals surface area contributed by atoms with Crippen molar-refractivity contribution in [2.75, 3.05) is 17.5 Å². The number of thiophene rings is 1. The third-order valence-corrected chi connectivity index (χ3v) is 6.02. The van der Waals surface area contributed by atoms with E-state index in [1.54, 1.807) is 35.3 Å². The van der Waals surface area contributed by atoms with Crippen molar-refractivity contribution in [3.8, 4) is 0 Å². The molecule has 2 N–H and O–H groups in total. The summed E-state index contributed by atoms with van der Waals surface area (Å²) in [6.07, 6.45) is 1.98. The van der Waals surface area contributed by atoms with Crippen LogP contribution in [0.3, 0.4) is 0 Å². The molecule has 4 nitrogen and oxygen atoms in total. The molecule has 0 saturated carbocycles. The summed E-state index contributed by atoms with van der Waals surface area (Å²) in [6.45, 7) is 3.57. The normalized spacial score (nSPS) is 11.5. The van der Waals surface area contributed by atoms with Crippen molar-refractivity contribution in [2.45, 2.75) is 23.3 Å². The van der Waals surface area contributed by atoms with Crippen molar-refractivity contribution in [1.82, 2.24) is 5.32 Å². The third kappa shape index (κ3) is 4.47. The van der Waals surface area contributed by atoms with E-state index in [0.29, 0.717) is 17.1 Å². The first kappa shape index (κ1) is 16.4. The molecule has 0 aliphatic heterocycles. The molecule has 0 aliphatic rings. The highest BCUT2D eigenvalue weighted by atomic mass is 32.2. The molecule has 2 aromatic rings. The lowest BCUT2D eigenvalue weighted by atomic mass is 10.3. The Morgan fingerprint density at radius 1 is 1.24 bits per heavy atom. The molecule has 0 atom stereocenters. The van der Waals surface area contributed by atoms with Gasteiger partial charge in [0, 0.05) is 27.4 Å². The summed E-state index contributed by atoms with van der Waals surface area (Å²) in [5.74, 6) is 0. The number of benzene rings is 1. The minimum Gasteiger partial charge on any atom is -0.312 e. The van der Waals surface area contributed by atoms with E-state index in [9.17, 15) is 8.42 Å². The number of rotatable bonds is 7. The first-order valence-corrected chi connectivity index (χ1v) is 10.1. The van der Waals surface area contributed by atoms with E-state index < -0.39 is 10.0 Å². The summed E-state index contributed by atoms with van der Waals surface area (Å²) in [4.78, 5) is 2.42. The van der Waals surface area contributed by atoms with E-state index in [-0.39, 0.29) is 0 Å². The number of sulfonamides is 1. The average molecular weight is 343 g/mol. The van der Waals surface area contributed by atoms with Gasteiger partial charge in [0.15, 0.2) is 0 Å². The first-order valence-electron chi connectivity index (χ1n) is 6.50. The monoisotopic (exact) mass is 342 g/mol. The SMILES string of the molecule is CCNCc1cc(S(=O)(=O)Nc2ccc(SC)cc2)cs1. The Morgan fingerprint density at radius 2 is 1.95 bits per heavy atom. The van der Waals surface area contributed by atoms with Crippen LogP contribution in [0.4, 0.5) is 5.69 Å². The smallest absolute Gasteiger partial charge is 0.262 e. The molecule has 1 aromatic heterocycles. The molecular formula is C14H18N2O2S3. The van der Waals surface area contributed by atoms with Crippen molar-refractivity contribution in [3.63, 3.8) is 0 Å². The molecule has 1 heterocycles. The van der Waals surface area contributed by atoms with Gasteiger partial charge in [-0.05, 0) is 43.1 Å². The second-order valence-electron chi connectivity index (χ2n) is 4.36. The van der Waals surface area contributed by atoms with Gasteiger partial charge in [-0.2, -0.15) is 0 Å². The summed E-state index contributed by atoms with van der Waals surface area (Å²) in [5, 5.41) is 4.86. The maximum atomic E-state index is 12.3. The molecule has 7 heteroatoms. The second kappa shape index (κ2) is 7.31. The highest BCUT2D eigenvalue weighted by Gasteiger charge is 2.16. The van der Waals surface area contributed by atoms with Gasteiger partial charge in [0.1, 0.15) is 0 Å². The molecule has 0 spiro atoms. The van der Waals surface area contributed by atoms with Crippen LogP contribution >= 0.6 is 23.1 Å². The van der Waals surface area contributed by atoms with Crippen molar-refractivity contribution in [3.05, 3.63) is 40.6 Å². The van der Waals surface area contributed by atoms with E-state index in [1.165, 1.54) is 11.3 Å². The maximum absolute atomic E-state index is 12.3. The fraction of sp³-hybridized carbons (Fsp3) is 0.286. The van der Waals surface area contributed by atoms with E-state index in [4.69, 9.17) is 0 Å². The summed E-state index contributed by atoms with van der Waals surface area (Å²) in [6, 6.07) is 9.05. The molecule has 0 amide bonds. The summed E-state index contributed by atoms with van der Waals surface area (Å²) in [7, 11) is -3.51. The van der Waals surface area contributed by atoms with Crippen molar-refractivity contribution < 1.29 is 8.42 Å². The van der Waals surface area contributed by atoms with Crippen LogP contribution < -0.4 is 10.0 Å². The van der Waals surface area contributed by atoms with Crippen LogP contribution in [0, 0.1) is 0 Å². The molecule has 0 unspecified atom stereocenters. The van der Waals surface area contributed by atoms with E-state index in [0.717, 1.165) is 16.3 Å². The quantitative estimate of drug-likeness (QED) is 0.757. The predicted molar refractivity (Wildman–Crippen MR) is 90.7 cm³/mol.